The largest absolute Gasteiger partial charge is 0.370 e. The Labute approximate surface area is 121 Å². The minimum Gasteiger partial charge on any atom is -0.370 e. The molecule has 3 aromatic rings. The van der Waals surface area contributed by atoms with Crippen molar-refractivity contribution in [2.75, 3.05) is 6.61 Å². The first-order valence-corrected chi connectivity index (χ1v) is 7.80. The molecule has 0 spiro atoms. The molecular weight excluding hydrogens is 270 g/mol. The van der Waals surface area contributed by atoms with Gasteiger partial charge < -0.3 is 4.74 Å². The van der Waals surface area contributed by atoms with Crippen LogP contribution in [0.25, 0.3) is 16.2 Å². The summed E-state index contributed by atoms with van der Waals surface area (Å²) >= 11 is 1.70. The van der Waals surface area contributed by atoms with Gasteiger partial charge in [-0.05, 0) is 48.9 Å². The van der Waals surface area contributed by atoms with Crippen molar-refractivity contribution in [2.45, 2.75) is 25.4 Å². The zero-order chi connectivity index (χ0) is 13.4. The summed E-state index contributed by atoms with van der Waals surface area (Å²) in [4.78, 5) is 9.28. The zero-order valence-electron chi connectivity index (χ0n) is 11.0. The lowest BCUT2D eigenvalue weighted by atomic mass is 10.1. The van der Waals surface area contributed by atoms with E-state index >= 15 is 0 Å². The number of hydrogen-bond donors (Lipinski definition) is 0. The first kappa shape index (κ1) is 12.1. The maximum atomic E-state index is 5.93. The number of thiophene rings is 1. The molecular formula is C15H15N3OS. The average molecular weight is 285 g/mol. The molecule has 5 heteroatoms. The molecule has 1 saturated heterocycles. The third-order valence-electron chi connectivity index (χ3n) is 3.64. The van der Waals surface area contributed by atoms with Gasteiger partial charge in [-0.25, -0.2) is 9.97 Å². The predicted octanol–water partition coefficient (Wildman–Crippen LogP) is 3.72. The molecule has 4 rings (SSSR count). The van der Waals surface area contributed by atoms with Crippen molar-refractivity contribution in [3.63, 3.8) is 0 Å². The van der Waals surface area contributed by atoms with Gasteiger partial charge in [0.05, 0.1) is 0 Å². The van der Waals surface area contributed by atoms with Gasteiger partial charge in [0.25, 0.3) is 0 Å². The fraction of sp³-hybridized carbons (Fsp3) is 0.333. The Kier molecular flexibility index (Phi) is 3.01. The number of hydrogen-bond acceptors (Lipinski definition) is 4. The Morgan fingerprint density at radius 3 is 3.05 bits per heavy atom. The molecule has 0 saturated carbocycles. The van der Waals surface area contributed by atoms with Crippen LogP contribution in [0, 0.1) is 0 Å². The second kappa shape index (κ2) is 5.00. The number of aromatic nitrogens is 3. The number of pyridine rings is 1. The molecule has 3 aromatic heterocycles. The number of rotatable bonds is 2. The van der Waals surface area contributed by atoms with Crippen LogP contribution in [0.3, 0.4) is 0 Å². The molecule has 1 fully saturated rings. The maximum absolute atomic E-state index is 5.93. The van der Waals surface area contributed by atoms with E-state index in [0.717, 1.165) is 41.4 Å². The van der Waals surface area contributed by atoms with Gasteiger partial charge in [0.1, 0.15) is 22.4 Å². The smallest absolute Gasteiger partial charge is 0.165 e. The summed E-state index contributed by atoms with van der Waals surface area (Å²) in [6, 6.07) is 8.10. The normalized spacial score (nSPS) is 19.5. The third-order valence-corrected chi connectivity index (χ3v) is 4.49. The highest BCUT2D eigenvalue weighted by atomic mass is 32.1. The molecule has 0 N–H and O–H groups in total. The van der Waals surface area contributed by atoms with Crippen molar-refractivity contribution < 1.29 is 4.74 Å². The fourth-order valence-corrected chi connectivity index (χ4v) is 3.44. The van der Waals surface area contributed by atoms with Gasteiger partial charge in [-0.2, -0.15) is 0 Å². The Bertz CT molecular complexity index is 714. The van der Waals surface area contributed by atoms with Crippen molar-refractivity contribution in [2.24, 2.45) is 0 Å². The lowest BCUT2D eigenvalue weighted by molar-refractivity contribution is 0.00891. The summed E-state index contributed by atoms with van der Waals surface area (Å²) in [7, 11) is 0. The van der Waals surface area contributed by atoms with Crippen LogP contribution in [0.2, 0.25) is 0 Å². The molecule has 4 heterocycles. The highest BCUT2D eigenvalue weighted by Crippen LogP contribution is 2.32. The Hall–Kier alpha value is -1.72. The van der Waals surface area contributed by atoms with E-state index < -0.39 is 0 Å². The molecule has 0 aliphatic carbocycles. The predicted molar refractivity (Wildman–Crippen MR) is 79.3 cm³/mol. The van der Waals surface area contributed by atoms with E-state index in [4.69, 9.17) is 9.72 Å². The van der Waals surface area contributed by atoms with Gasteiger partial charge in [-0.15, -0.1) is 11.3 Å². The Balaban J connectivity index is 1.92. The van der Waals surface area contributed by atoms with Gasteiger partial charge in [0.2, 0.25) is 0 Å². The molecule has 4 nitrogen and oxygen atoms in total. The van der Waals surface area contributed by atoms with E-state index in [1.165, 1.54) is 6.42 Å². The van der Waals surface area contributed by atoms with Gasteiger partial charge in [-0.1, -0.05) is 0 Å². The number of nitrogens with zero attached hydrogens (tertiary/aromatic N) is 3. The van der Waals surface area contributed by atoms with Crippen molar-refractivity contribution in [3.8, 4) is 5.00 Å². The Morgan fingerprint density at radius 1 is 1.25 bits per heavy atom. The second-order valence-electron chi connectivity index (χ2n) is 4.96. The molecule has 20 heavy (non-hydrogen) atoms. The van der Waals surface area contributed by atoms with Crippen LogP contribution in [0.15, 0.2) is 35.8 Å². The molecule has 1 atom stereocenters. The van der Waals surface area contributed by atoms with Crippen LogP contribution in [0.4, 0.5) is 0 Å². The van der Waals surface area contributed by atoms with Crippen molar-refractivity contribution in [3.05, 3.63) is 41.7 Å². The van der Waals surface area contributed by atoms with Crippen molar-refractivity contribution in [1.82, 2.24) is 14.5 Å². The van der Waals surface area contributed by atoms with Crippen LogP contribution in [0.5, 0.6) is 0 Å². The SMILES string of the molecule is c1csc(-n2c(C3CCCCO3)nc3cccnc32)c1. The first-order chi connectivity index (χ1) is 9.93. The molecule has 1 aliphatic rings. The summed E-state index contributed by atoms with van der Waals surface area (Å²) in [6.45, 7) is 0.825. The second-order valence-corrected chi connectivity index (χ2v) is 5.88. The van der Waals surface area contributed by atoms with E-state index in [9.17, 15) is 0 Å². The van der Waals surface area contributed by atoms with Crippen LogP contribution in [0.1, 0.15) is 31.2 Å². The third kappa shape index (κ3) is 1.94. The van der Waals surface area contributed by atoms with Crippen LogP contribution in [-0.2, 0) is 4.74 Å². The highest BCUT2D eigenvalue weighted by Gasteiger charge is 2.24. The minimum atomic E-state index is 0.0834. The lowest BCUT2D eigenvalue weighted by Crippen LogP contribution is -2.15. The number of ether oxygens (including phenoxy) is 1. The Morgan fingerprint density at radius 2 is 2.25 bits per heavy atom. The van der Waals surface area contributed by atoms with Gasteiger partial charge in [-0.3, -0.25) is 4.57 Å². The monoisotopic (exact) mass is 285 g/mol. The standard InChI is InChI=1S/C15H15N3OS/c1-2-9-19-12(6-1)15-17-11-5-3-8-16-14(11)18(15)13-7-4-10-20-13/h3-5,7-8,10,12H,1-2,6,9H2. The zero-order valence-corrected chi connectivity index (χ0v) is 11.8. The molecule has 0 amide bonds. The molecule has 1 unspecified atom stereocenters. The van der Waals surface area contributed by atoms with Gasteiger partial charge in [0, 0.05) is 12.8 Å². The maximum Gasteiger partial charge on any atom is 0.165 e. The summed E-state index contributed by atoms with van der Waals surface area (Å²) in [5.41, 5.74) is 1.85. The van der Waals surface area contributed by atoms with Crippen molar-refractivity contribution in [1.29, 1.82) is 0 Å². The van der Waals surface area contributed by atoms with Gasteiger partial charge >= 0.3 is 0 Å². The number of fused-ring (bicyclic) bond motifs is 1. The van der Waals surface area contributed by atoms with Crippen LogP contribution in [-0.4, -0.2) is 21.1 Å². The summed E-state index contributed by atoms with van der Waals surface area (Å²) in [5.74, 6) is 0.987. The summed E-state index contributed by atoms with van der Waals surface area (Å²) in [5, 5.41) is 3.23. The van der Waals surface area contributed by atoms with E-state index in [1.807, 2.05) is 18.3 Å². The van der Waals surface area contributed by atoms with Gasteiger partial charge in [0.15, 0.2) is 5.65 Å². The topological polar surface area (TPSA) is 39.9 Å². The molecule has 102 valence electrons. The minimum absolute atomic E-state index is 0.0834. The lowest BCUT2D eigenvalue weighted by Gasteiger charge is -2.22. The average Bonchev–Trinajstić information content (AvgIpc) is 3.14. The fourth-order valence-electron chi connectivity index (χ4n) is 2.70. The number of imidazole rings is 1. The first-order valence-electron chi connectivity index (χ1n) is 6.92. The molecule has 0 radical (unpaired) electrons. The quantitative estimate of drug-likeness (QED) is 0.720. The van der Waals surface area contributed by atoms with E-state index in [-0.39, 0.29) is 6.10 Å². The van der Waals surface area contributed by atoms with E-state index in [2.05, 4.69) is 27.1 Å². The van der Waals surface area contributed by atoms with E-state index in [1.54, 1.807) is 11.3 Å². The highest BCUT2D eigenvalue weighted by molar-refractivity contribution is 7.12. The van der Waals surface area contributed by atoms with E-state index in [0.29, 0.717) is 0 Å². The van der Waals surface area contributed by atoms with Crippen LogP contribution >= 0.6 is 11.3 Å². The summed E-state index contributed by atoms with van der Waals surface area (Å²) in [6.07, 6.45) is 5.29. The van der Waals surface area contributed by atoms with Crippen LogP contribution < -0.4 is 0 Å². The molecule has 0 bridgehead atoms. The molecule has 1 aliphatic heterocycles. The van der Waals surface area contributed by atoms with Crippen molar-refractivity contribution >= 4 is 22.5 Å². The summed E-state index contributed by atoms with van der Waals surface area (Å²) < 4.78 is 8.07. The molecule has 0 aromatic carbocycles.